The van der Waals surface area contributed by atoms with Crippen LogP contribution >= 0.6 is 0 Å². The molecule has 0 saturated heterocycles. The summed E-state index contributed by atoms with van der Waals surface area (Å²) in [6.07, 6.45) is -0.946. The predicted molar refractivity (Wildman–Crippen MR) is 94.3 cm³/mol. The van der Waals surface area contributed by atoms with Gasteiger partial charge >= 0.3 is 6.18 Å². The van der Waals surface area contributed by atoms with Gasteiger partial charge in [-0.15, -0.1) is 10.2 Å². The molecule has 0 spiro atoms. The molecule has 1 N–H and O–H groups in total. The molecular weight excluding hydrogens is 378 g/mol. The minimum Gasteiger partial charge on any atom is -0.312 e. The number of aromatic amines is 1. The zero-order valence-corrected chi connectivity index (χ0v) is 15.7. The van der Waals surface area contributed by atoms with Crippen molar-refractivity contribution in [1.82, 2.24) is 24.7 Å². The van der Waals surface area contributed by atoms with Crippen molar-refractivity contribution < 1.29 is 17.6 Å². The molecular formula is C18H19F4N5O. The van der Waals surface area contributed by atoms with Crippen LogP contribution in [0.25, 0.3) is 11.5 Å². The van der Waals surface area contributed by atoms with Crippen LogP contribution in [0.2, 0.25) is 0 Å². The van der Waals surface area contributed by atoms with Gasteiger partial charge in [0, 0.05) is 24.4 Å². The molecule has 2 heterocycles. The lowest BCUT2D eigenvalue weighted by Gasteiger charge is -2.41. The summed E-state index contributed by atoms with van der Waals surface area (Å²) >= 11 is 0. The van der Waals surface area contributed by atoms with Gasteiger partial charge in [-0.25, -0.2) is 9.37 Å². The van der Waals surface area contributed by atoms with Crippen LogP contribution in [0.3, 0.4) is 0 Å². The Kier molecular flexibility index (Phi) is 4.55. The highest BCUT2D eigenvalue weighted by molar-refractivity contribution is 5.49. The SMILES string of the molecule is Cc1nc(-c2nnc(C(C)(C)C3C=CC=CC3(F)C(F)(F)F)n2C)cc(=O)[nH]1. The number of rotatable bonds is 3. The monoisotopic (exact) mass is 397 g/mol. The van der Waals surface area contributed by atoms with E-state index in [1.165, 1.54) is 36.6 Å². The number of halogens is 4. The lowest BCUT2D eigenvalue weighted by molar-refractivity contribution is -0.230. The van der Waals surface area contributed by atoms with E-state index < -0.39 is 28.7 Å². The molecule has 28 heavy (non-hydrogen) atoms. The standard InChI is InChI=1S/C18H19F4N5O/c1-10-23-11(9-13(28)24-10)14-25-26-15(27(14)4)16(2,3)12-7-5-6-8-17(12,19)18(20,21)22/h5-9,12H,1-4H3,(H,23,24,28). The zero-order valence-electron chi connectivity index (χ0n) is 15.7. The van der Waals surface area contributed by atoms with E-state index in [0.717, 1.165) is 6.08 Å². The summed E-state index contributed by atoms with van der Waals surface area (Å²) < 4.78 is 57.1. The molecule has 0 aromatic carbocycles. The Labute approximate surface area is 158 Å². The van der Waals surface area contributed by atoms with E-state index >= 15 is 4.39 Å². The lowest BCUT2D eigenvalue weighted by atomic mass is 9.67. The minimum atomic E-state index is -5.09. The molecule has 10 heteroatoms. The third kappa shape index (κ3) is 3.06. The Morgan fingerprint density at radius 3 is 2.50 bits per heavy atom. The molecule has 0 saturated carbocycles. The summed E-state index contributed by atoms with van der Waals surface area (Å²) in [6.45, 7) is 4.54. The molecule has 6 nitrogen and oxygen atoms in total. The van der Waals surface area contributed by atoms with Gasteiger partial charge in [0.2, 0.25) is 5.67 Å². The lowest BCUT2D eigenvalue weighted by Crippen LogP contribution is -2.53. The van der Waals surface area contributed by atoms with E-state index in [0.29, 0.717) is 11.9 Å². The Balaban J connectivity index is 2.10. The molecule has 2 unspecified atom stereocenters. The van der Waals surface area contributed by atoms with E-state index in [-0.39, 0.29) is 17.3 Å². The molecule has 1 aliphatic carbocycles. The molecule has 0 fully saturated rings. The second-order valence-corrected chi connectivity index (χ2v) is 7.33. The average molecular weight is 397 g/mol. The summed E-state index contributed by atoms with van der Waals surface area (Å²) in [7, 11) is 1.54. The number of hydrogen-bond donors (Lipinski definition) is 1. The Morgan fingerprint density at radius 1 is 1.21 bits per heavy atom. The van der Waals surface area contributed by atoms with Crippen molar-refractivity contribution >= 4 is 0 Å². The summed E-state index contributed by atoms with van der Waals surface area (Å²) in [5.41, 5.74) is -5.09. The van der Waals surface area contributed by atoms with Crippen LogP contribution in [0.1, 0.15) is 25.5 Å². The van der Waals surface area contributed by atoms with Gasteiger partial charge in [-0.2, -0.15) is 13.2 Å². The van der Waals surface area contributed by atoms with Crippen molar-refractivity contribution in [2.45, 2.75) is 38.0 Å². The van der Waals surface area contributed by atoms with Crippen LogP contribution in [-0.4, -0.2) is 36.6 Å². The maximum absolute atomic E-state index is 15.1. The van der Waals surface area contributed by atoms with Gasteiger partial charge in [-0.1, -0.05) is 32.1 Å². The number of aromatic nitrogens is 5. The third-order valence-corrected chi connectivity index (χ3v) is 4.96. The number of alkyl halides is 4. The van der Waals surface area contributed by atoms with Gasteiger partial charge < -0.3 is 9.55 Å². The molecule has 0 bridgehead atoms. The normalized spacial score (nSPS) is 22.6. The Hall–Kier alpha value is -2.78. The van der Waals surface area contributed by atoms with Crippen molar-refractivity contribution in [3.05, 3.63) is 52.4 Å². The van der Waals surface area contributed by atoms with E-state index in [9.17, 15) is 18.0 Å². The first-order valence-corrected chi connectivity index (χ1v) is 8.48. The molecule has 2 aromatic heterocycles. The molecule has 150 valence electrons. The highest BCUT2D eigenvalue weighted by Gasteiger charge is 2.63. The smallest absolute Gasteiger partial charge is 0.312 e. The highest BCUT2D eigenvalue weighted by atomic mass is 19.4. The number of H-pyrrole nitrogens is 1. The Bertz CT molecular complexity index is 1020. The van der Waals surface area contributed by atoms with Crippen LogP contribution < -0.4 is 5.56 Å². The third-order valence-electron chi connectivity index (χ3n) is 4.96. The maximum Gasteiger partial charge on any atom is 0.426 e. The van der Waals surface area contributed by atoms with E-state index in [2.05, 4.69) is 20.2 Å². The van der Waals surface area contributed by atoms with Gasteiger partial charge in [0.25, 0.3) is 5.56 Å². The van der Waals surface area contributed by atoms with Gasteiger partial charge in [0.05, 0.1) is 0 Å². The Morgan fingerprint density at radius 2 is 1.89 bits per heavy atom. The molecule has 1 aliphatic rings. The van der Waals surface area contributed by atoms with Crippen LogP contribution in [0.5, 0.6) is 0 Å². The fourth-order valence-corrected chi connectivity index (χ4v) is 3.60. The number of aryl methyl sites for hydroxylation is 1. The van der Waals surface area contributed by atoms with Gasteiger partial charge in [0.1, 0.15) is 17.3 Å². The minimum absolute atomic E-state index is 0.137. The second kappa shape index (κ2) is 6.39. The molecule has 0 amide bonds. The number of nitrogens with one attached hydrogen (secondary N) is 1. The summed E-state index contributed by atoms with van der Waals surface area (Å²) in [6, 6.07) is 1.21. The average Bonchev–Trinajstić information content (AvgIpc) is 2.95. The zero-order chi connectivity index (χ0) is 20.9. The topological polar surface area (TPSA) is 76.5 Å². The summed E-state index contributed by atoms with van der Waals surface area (Å²) in [4.78, 5) is 18.4. The van der Waals surface area contributed by atoms with Gasteiger partial charge in [-0.3, -0.25) is 4.79 Å². The number of allylic oxidation sites excluding steroid dienone is 4. The van der Waals surface area contributed by atoms with Crippen molar-refractivity contribution in [2.75, 3.05) is 0 Å². The quantitative estimate of drug-likeness (QED) is 0.808. The molecule has 0 aliphatic heterocycles. The second-order valence-electron chi connectivity index (χ2n) is 7.33. The summed E-state index contributed by atoms with van der Waals surface area (Å²) in [5, 5.41) is 8.01. The fourth-order valence-electron chi connectivity index (χ4n) is 3.60. The number of nitrogens with zero attached hydrogens (tertiary/aromatic N) is 4. The van der Waals surface area contributed by atoms with Crippen molar-refractivity contribution in [1.29, 1.82) is 0 Å². The maximum atomic E-state index is 15.1. The first-order valence-electron chi connectivity index (χ1n) is 8.48. The number of hydrogen-bond acceptors (Lipinski definition) is 4. The van der Waals surface area contributed by atoms with Crippen LogP contribution in [0, 0.1) is 12.8 Å². The van der Waals surface area contributed by atoms with Crippen molar-refractivity contribution in [3.8, 4) is 11.5 Å². The van der Waals surface area contributed by atoms with Crippen molar-refractivity contribution in [3.63, 3.8) is 0 Å². The van der Waals surface area contributed by atoms with Crippen LogP contribution in [0.15, 0.2) is 35.2 Å². The molecule has 0 radical (unpaired) electrons. The summed E-state index contributed by atoms with van der Waals surface area (Å²) in [5.74, 6) is -0.872. The molecule has 2 aromatic rings. The molecule has 3 rings (SSSR count). The first kappa shape index (κ1) is 20.0. The van der Waals surface area contributed by atoms with Crippen LogP contribution in [-0.2, 0) is 12.5 Å². The largest absolute Gasteiger partial charge is 0.426 e. The predicted octanol–water partition coefficient (Wildman–Crippen LogP) is 3.16. The van der Waals surface area contributed by atoms with Gasteiger partial charge in [0.15, 0.2) is 5.82 Å². The van der Waals surface area contributed by atoms with E-state index in [1.54, 1.807) is 14.0 Å². The molecule has 2 atom stereocenters. The fraction of sp³-hybridized carbons (Fsp3) is 0.444. The highest BCUT2D eigenvalue weighted by Crippen LogP contribution is 2.50. The van der Waals surface area contributed by atoms with Crippen LogP contribution in [0.4, 0.5) is 17.6 Å². The van der Waals surface area contributed by atoms with Crippen molar-refractivity contribution in [2.24, 2.45) is 13.0 Å². The van der Waals surface area contributed by atoms with E-state index in [1.807, 2.05) is 0 Å². The first-order chi connectivity index (χ1) is 12.9. The van der Waals surface area contributed by atoms with Gasteiger partial charge in [-0.05, 0) is 13.0 Å². The van der Waals surface area contributed by atoms with E-state index in [4.69, 9.17) is 0 Å².